The second-order valence-corrected chi connectivity index (χ2v) is 11.7. The van der Waals surface area contributed by atoms with Gasteiger partial charge in [-0.3, -0.25) is 9.52 Å². The van der Waals surface area contributed by atoms with Gasteiger partial charge in [0, 0.05) is 16.5 Å². The summed E-state index contributed by atoms with van der Waals surface area (Å²) in [7, 11) is -7.90. The van der Waals surface area contributed by atoms with Gasteiger partial charge < -0.3 is 5.11 Å². The minimum Gasteiger partial charge on any atom is -0.481 e. The maximum atomic E-state index is 12.6. The molecule has 12 heteroatoms. The van der Waals surface area contributed by atoms with Crippen LogP contribution in [0, 0.1) is 0 Å². The molecular formula is C17H16N2O6S4. The average Bonchev–Trinajstić information content (AvgIpc) is 3.33. The van der Waals surface area contributed by atoms with Crippen LogP contribution < -0.4 is 4.72 Å². The maximum absolute atomic E-state index is 12.6. The number of thiophene rings is 1. The number of sulfone groups is 1. The number of carboxylic acids is 1. The second-order valence-electron chi connectivity index (χ2n) is 5.89. The van der Waals surface area contributed by atoms with E-state index in [4.69, 9.17) is 0 Å². The Bertz CT molecular complexity index is 1230. The lowest BCUT2D eigenvalue weighted by molar-refractivity contribution is -0.138. The number of carboxylic acid groups (broad SMARTS) is 1. The number of nitrogens with zero attached hydrogens (tertiary/aromatic N) is 1. The molecule has 1 atom stereocenters. The Kier molecular flexibility index (Phi) is 6.08. The van der Waals surface area contributed by atoms with Gasteiger partial charge in [0.05, 0.1) is 15.7 Å². The Hall–Kier alpha value is -2.28. The number of rotatable bonds is 8. The molecule has 0 saturated carbocycles. The van der Waals surface area contributed by atoms with Crippen molar-refractivity contribution >= 4 is 53.6 Å². The standard InChI is InChI=1S/C17H16N2O6S4/c1-2-13(16(20)21)14-9-18-17(27-14)19-29(24,25)15-8-12(10-26-15)28(22,23)11-6-4-3-5-7-11/h3-10,13H,2H2,1H3,(H,18,19)(H,20,21). The van der Waals surface area contributed by atoms with E-state index in [1.54, 1.807) is 25.1 Å². The van der Waals surface area contributed by atoms with E-state index in [1.807, 2.05) is 0 Å². The molecule has 2 heterocycles. The molecule has 0 radical (unpaired) electrons. The Morgan fingerprint density at radius 3 is 2.48 bits per heavy atom. The molecule has 2 aromatic heterocycles. The number of benzene rings is 1. The van der Waals surface area contributed by atoms with Crippen molar-refractivity contribution in [3.05, 3.63) is 52.9 Å². The van der Waals surface area contributed by atoms with Crippen molar-refractivity contribution in [1.82, 2.24) is 4.98 Å². The largest absolute Gasteiger partial charge is 0.481 e. The lowest BCUT2D eigenvalue weighted by Gasteiger charge is -2.05. The number of aromatic nitrogens is 1. The third-order valence-corrected chi connectivity index (χ3v) is 9.81. The van der Waals surface area contributed by atoms with E-state index in [0.717, 1.165) is 28.7 Å². The summed E-state index contributed by atoms with van der Waals surface area (Å²) in [6, 6.07) is 8.81. The van der Waals surface area contributed by atoms with Gasteiger partial charge in [-0.1, -0.05) is 25.1 Å². The predicted molar refractivity (Wildman–Crippen MR) is 110 cm³/mol. The van der Waals surface area contributed by atoms with Gasteiger partial charge in [-0.2, -0.15) is 0 Å². The van der Waals surface area contributed by atoms with Crippen LogP contribution in [0.4, 0.5) is 5.13 Å². The summed E-state index contributed by atoms with van der Waals surface area (Å²) in [6.45, 7) is 1.71. The SMILES string of the molecule is CCC(C(=O)O)c1cnc(NS(=O)(=O)c2cc(S(=O)(=O)c3ccccc3)cs2)s1. The quantitative estimate of drug-likeness (QED) is 0.514. The van der Waals surface area contributed by atoms with Crippen LogP contribution in [0.2, 0.25) is 0 Å². The molecule has 2 N–H and O–H groups in total. The molecule has 29 heavy (non-hydrogen) atoms. The number of thiazole rings is 1. The third kappa shape index (κ3) is 4.50. The summed E-state index contributed by atoms with van der Waals surface area (Å²) in [5.41, 5.74) is 0. The summed E-state index contributed by atoms with van der Waals surface area (Å²) in [5.74, 6) is -1.78. The molecule has 1 aromatic carbocycles. The maximum Gasteiger partial charge on any atom is 0.311 e. The smallest absolute Gasteiger partial charge is 0.311 e. The van der Waals surface area contributed by atoms with E-state index in [0.29, 0.717) is 11.3 Å². The molecular weight excluding hydrogens is 456 g/mol. The number of aliphatic carboxylic acids is 1. The van der Waals surface area contributed by atoms with Gasteiger partial charge in [0.15, 0.2) is 5.13 Å². The normalized spacial score (nSPS) is 13.1. The van der Waals surface area contributed by atoms with Crippen molar-refractivity contribution in [2.75, 3.05) is 4.72 Å². The Morgan fingerprint density at radius 1 is 1.17 bits per heavy atom. The number of hydrogen-bond acceptors (Lipinski definition) is 8. The molecule has 0 bridgehead atoms. The van der Waals surface area contributed by atoms with Crippen molar-refractivity contribution in [2.45, 2.75) is 33.3 Å². The molecule has 0 amide bonds. The topological polar surface area (TPSA) is 130 Å². The van der Waals surface area contributed by atoms with Crippen molar-refractivity contribution in [3.63, 3.8) is 0 Å². The van der Waals surface area contributed by atoms with E-state index in [1.165, 1.54) is 23.7 Å². The molecule has 1 unspecified atom stereocenters. The number of sulfonamides is 1. The molecule has 0 saturated heterocycles. The van der Waals surface area contributed by atoms with Gasteiger partial charge in [0.1, 0.15) is 4.21 Å². The van der Waals surface area contributed by atoms with E-state index < -0.39 is 31.7 Å². The molecule has 0 aliphatic carbocycles. The van der Waals surface area contributed by atoms with Crippen LogP contribution in [0.15, 0.2) is 62.0 Å². The fourth-order valence-electron chi connectivity index (χ4n) is 2.48. The molecule has 8 nitrogen and oxygen atoms in total. The van der Waals surface area contributed by atoms with Crippen LogP contribution in [-0.4, -0.2) is 32.9 Å². The summed E-state index contributed by atoms with van der Waals surface area (Å²) in [5, 5.41) is 10.5. The molecule has 3 aromatic rings. The summed E-state index contributed by atoms with van der Waals surface area (Å²) in [6.07, 6.45) is 1.67. The van der Waals surface area contributed by atoms with Crippen LogP contribution >= 0.6 is 22.7 Å². The van der Waals surface area contributed by atoms with Crippen molar-refractivity contribution in [3.8, 4) is 0 Å². The molecule has 0 aliphatic rings. The summed E-state index contributed by atoms with van der Waals surface area (Å²) >= 11 is 1.70. The highest BCUT2D eigenvalue weighted by molar-refractivity contribution is 7.95. The molecule has 0 aliphatic heterocycles. The highest BCUT2D eigenvalue weighted by atomic mass is 32.2. The van der Waals surface area contributed by atoms with Gasteiger partial charge in [-0.25, -0.2) is 21.8 Å². The first-order valence-corrected chi connectivity index (χ1v) is 12.9. The first-order chi connectivity index (χ1) is 13.6. The lowest BCUT2D eigenvalue weighted by atomic mass is 10.1. The van der Waals surface area contributed by atoms with E-state index in [9.17, 15) is 26.7 Å². The highest BCUT2D eigenvalue weighted by Gasteiger charge is 2.26. The summed E-state index contributed by atoms with van der Waals surface area (Å²) < 4.78 is 52.6. The van der Waals surface area contributed by atoms with E-state index in [-0.39, 0.29) is 19.1 Å². The van der Waals surface area contributed by atoms with Gasteiger partial charge in [0.2, 0.25) is 9.84 Å². The molecule has 0 spiro atoms. The van der Waals surface area contributed by atoms with Gasteiger partial charge in [-0.15, -0.1) is 22.7 Å². The number of anilines is 1. The zero-order valence-corrected chi connectivity index (χ0v) is 18.2. The fraction of sp³-hybridized carbons (Fsp3) is 0.176. The van der Waals surface area contributed by atoms with Crippen LogP contribution in [0.1, 0.15) is 24.1 Å². The Labute approximate surface area is 175 Å². The molecule has 3 rings (SSSR count). The molecule has 0 fully saturated rings. The Morgan fingerprint density at radius 2 is 1.86 bits per heavy atom. The first-order valence-electron chi connectivity index (χ1n) is 8.25. The van der Waals surface area contributed by atoms with Gasteiger partial charge >= 0.3 is 5.97 Å². The van der Waals surface area contributed by atoms with Gasteiger partial charge in [-0.05, 0) is 24.6 Å². The zero-order chi connectivity index (χ0) is 21.2. The van der Waals surface area contributed by atoms with E-state index in [2.05, 4.69) is 9.71 Å². The van der Waals surface area contributed by atoms with E-state index >= 15 is 0 Å². The van der Waals surface area contributed by atoms with Crippen LogP contribution in [0.25, 0.3) is 0 Å². The van der Waals surface area contributed by atoms with Crippen molar-refractivity contribution in [2.24, 2.45) is 0 Å². The predicted octanol–water partition coefficient (Wildman–Crippen LogP) is 3.42. The minimum atomic E-state index is -4.07. The average molecular weight is 473 g/mol. The number of carbonyl (C=O) groups is 1. The third-order valence-electron chi connectivity index (χ3n) is 3.98. The number of nitrogens with one attached hydrogen (secondary N) is 1. The second kappa shape index (κ2) is 8.22. The number of hydrogen-bond donors (Lipinski definition) is 2. The monoisotopic (exact) mass is 472 g/mol. The lowest BCUT2D eigenvalue weighted by Crippen LogP contribution is -2.11. The Balaban J connectivity index is 1.85. The van der Waals surface area contributed by atoms with Crippen molar-refractivity contribution < 1.29 is 26.7 Å². The molecule has 154 valence electrons. The van der Waals surface area contributed by atoms with Crippen LogP contribution in [0.3, 0.4) is 0 Å². The van der Waals surface area contributed by atoms with Crippen LogP contribution in [0.5, 0.6) is 0 Å². The highest BCUT2D eigenvalue weighted by Crippen LogP contribution is 2.32. The first kappa shape index (κ1) is 21.4. The van der Waals surface area contributed by atoms with Crippen molar-refractivity contribution in [1.29, 1.82) is 0 Å². The minimum absolute atomic E-state index is 0.0144. The van der Waals surface area contributed by atoms with Gasteiger partial charge in [0.25, 0.3) is 10.0 Å². The zero-order valence-electron chi connectivity index (χ0n) is 15.0. The summed E-state index contributed by atoms with van der Waals surface area (Å²) in [4.78, 5) is 15.6. The van der Waals surface area contributed by atoms with Crippen LogP contribution in [-0.2, 0) is 24.7 Å². The fourth-order valence-corrected chi connectivity index (χ4v) is 7.61.